The Morgan fingerprint density at radius 3 is 2.23 bits per heavy atom. The van der Waals surface area contributed by atoms with Crippen molar-refractivity contribution >= 4 is 35.3 Å². The number of allylic oxidation sites excluding steroid dienone is 1. The van der Waals surface area contributed by atoms with Gasteiger partial charge in [0.15, 0.2) is 5.78 Å². The van der Waals surface area contributed by atoms with Crippen molar-refractivity contribution in [2.45, 2.75) is 152 Å². The average molecular weight is 854 g/mol. The zero-order chi connectivity index (χ0) is 44.5. The minimum atomic E-state index is -1.16. The molecule has 1 N–H and O–H groups in total. The number of esters is 2. The van der Waals surface area contributed by atoms with Gasteiger partial charge in [-0.05, 0) is 154 Å². The van der Waals surface area contributed by atoms with Crippen molar-refractivity contribution in [3.8, 4) is 0 Å². The number of halogens is 1. The van der Waals surface area contributed by atoms with Gasteiger partial charge in [-0.25, -0.2) is 0 Å². The molecule has 0 radical (unpaired) electrons. The standard InChI is InChI=1S/C48H71ClN2O7.C2H6/c1-29(2)42-37(53)25-48(40(57-31(4)52)28-51(23-22-50(9)10)27-32-12-11-13-33(49)24-32)21-17-36-34(43(42)48)14-15-39-46(7)20-18-38(30(3)35(46)16-19-47(36,39)8)58-41(54)26-45(5,6)44(55)56;1-2/h11-13,24,29-30,34-36,38-40H,14-23,25-28H2,1-10H3,(H,55,56);1-2H3. The molecule has 0 aliphatic heterocycles. The summed E-state index contributed by atoms with van der Waals surface area (Å²) in [6.45, 7) is 23.1. The summed E-state index contributed by atoms with van der Waals surface area (Å²) in [6, 6.07) is 7.97. The third-order valence-corrected chi connectivity index (χ3v) is 16.4. The van der Waals surface area contributed by atoms with Crippen LogP contribution in [0.15, 0.2) is 35.4 Å². The van der Waals surface area contributed by atoms with Gasteiger partial charge in [0.1, 0.15) is 12.2 Å². The highest BCUT2D eigenvalue weighted by molar-refractivity contribution is 6.30. The van der Waals surface area contributed by atoms with Gasteiger partial charge in [-0.15, -0.1) is 0 Å². The first-order chi connectivity index (χ1) is 28.1. The number of likely N-dealkylation sites (N-methyl/N-ethyl adjacent to an activating group) is 1. The third-order valence-electron chi connectivity index (χ3n) is 16.1. The number of carbonyl (C=O) groups is 4. The molecule has 4 saturated carbocycles. The van der Waals surface area contributed by atoms with E-state index in [0.29, 0.717) is 42.3 Å². The largest absolute Gasteiger partial charge is 0.481 e. The molecule has 0 heterocycles. The van der Waals surface area contributed by atoms with Crippen LogP contribution >= 0.6 is 11.6 Å². The van der Waals surface area contributed by atoms with Crippen molar-refractivity contribution in [3.63, 3.8) is 0 Å². The summed E-state index contributed by atoms with van der Waals surface area (Å²) in [5.41, 5.74) is 1.87. The number of carbonyl (C=O) groups excluding carboxylic acids is 3. The SMILES string of the molecule is CC.CC(=O)OC(CN(CCN(C)C)Cc1cccc(Cl)c1)C12CCC3C(CCC4C3(C)CCC3C(C)C(OC(=O)CC(C)(C)C(=O)O)CCC34C)C1=C(C(C)C)C(=O)C2. The van der Waals surface area contributed by atoms with Gasteiger partial charge in [0, 0.05) is 50.0 Å². The number of ether oxygens (including phenoxy) is 2. The van der Waals surface area contributed by atoms with Crippen LogP contribution in [-0.2, 0) is 35.2 Å². The quantitative estimate of drug-likeness (QED) is 0.183. The lowest BCUT2D eigenvalue weighted by molar-refractivity contribution is -0.194. The highest BCUT2D eigenvalue weighted by Crippen LogP contribution is 2.72. The van der Waals surface area contributed by atoms with Gasteiger partial charge in [-0.3, -0.25) is 24.1 Å². The topological polar surface area (TPSA) is 113 Å². The summed E-state index contributed by atoms with van der Waals surface area (Å²) in [4.78, 5) is 56.9. The second-order valence-electron chi connectivity index (χ2n) is 20.8. The molecule has 1 aromatic rings. The zero-order valence-electron chi connectivity index (χ0n) is 39.0. The van der Waals surface area contributed by atoms with Crippen molar-refractivity contribution in [1.29, 1.82) is 0 Å². The number of carboxylic acids is 1. The number of benzene rings is 1. The Hall–Kier alpha value is -2.75. The molecular formula is C50H77ClN2O7. The van der Waals surface area contributed by atoms with E-state index in [1.54, 1.807) is 13.8 Å². The number of hydrogen-bond acceptors (Lipinski definition) is 8. The number of hydrogen-bond donors (Lipinski definition) is 1. The minimum Gasteiger partial charge on any atom is -0.481 e. The van der Waals surface area contributed by atoms with E-state index < -0.39 is 28.9 Å². The van der Waals surface area contributed by atoms with Gasteiger partial charge in [0.05, 0.1) is 11.8 Å². The molecular weight excluding hydrogens is 776 g/mol. The molecule has 0 aromatic heterocycles. The maximum Gasteiger partial charge on any atom is 0.309 e. The number of rotatable bonds is 14. The zero-order valence-corrected chi connectivity index (χ0v) is 39.8. The van der Waals surface area contributed by atoms with Gasteiger partial charge in [-0.1, -0.05) is 72.2 Å². The van der Waals surface area contributed by atoms with Crippen LogP contribution in [0.25, 0.3) is 0 Å². The van der Waals surface area contributed by atoms with E-state index in [-0.39, 0.29) is 52.9 Å². The Labute approximate surface area is 366 Å². The molecule has 336 valence electrons. The van der Waals surface area contributed by atoms with Crippen LogP contribution in [0.2, 0.25) is 5.02 Å². The van der Waals surface area contributed by atoms with E-state index in [0.717, 1.165) is 75.6 Å². The van der Waals surface area contributed by atoms with Crippen molar-refractivity contribution in [2.24, 2.45) is 57.2 Å². The molecule has 10 atom stereocenters. The number of aliphatic carboxylic acids is 1. The molecule has 10 heteroatoms. The Balaban J connectivity index is 0.00000336. The lowest BCUT2D eigenvalue weighted by Crippen LogP contribution is -2.61. The lowest BCUT2D eigenvalue weighted by Gasteiger charge is -2.67. The van der Waals surface area contributed by atoms with E-state index in [4.69, 9.17) is 21.1 Å². The number of nitrogens with zero attached hydrogens (tertiary/aromatic N) is 2. The summed E-state index contributed by atoms with van der Waals surface area (Å²) >= 11 is 6.44. The van der Waals surface area contributed by atoms with Crippen LogP contribution in [0.4, 0.5) is 0 Å². The molecule has 6 rings (SSSR count). The molecule has 0 amide bonds. The summed E-state index contributed by atoms with van der Waals surface area (Å²) in [5.74, 6) is 0.368. The maximum absolute atomic E-state index is 14.4. The minimum absolute atomic E-state index is 0.0797. The summed E-state index contributed by atoms with van der Waals surface area (Å²) in [6.07, 6.45) is 7.44. The van der Waals surface area contributed by atoms with Crippen molar-refractivity contribution in [1.82, 2.24) is 9.80 Å². The molecule has 5 aliphatic rings. The molecule has 0 spiro atoms. The monoisotopic (exact) mass is 853 g/mol. The molecule has 4 fully saturated rings. The Morgan fingerprint density at radius 2 is 1.62 bits per heavy atom. The number of carboxylic acid groups (broad SMARTS) is 1. The van der Waals surface area contributed by atoms with Gasteiger partial charge in [0.2, 0.25) is 0 Å². The smallest absolute Gasteiger partial charge is 0.309 e. The van der Waals surface area contributed by atoms with E-state index >= 15 is 0 Å². The fourth-order valence-corrected chi connectivity index (χ4v) is 13.6. The number of Topliss-reactive ketones (excluding diaryl/α,β-unsaturated/α-hetero) is 1. The first-order valence-electron chi connectivity index (χ1n) is 23.1. The first-order valence-corrected chi connectivity index (χ1v) is 23.5. The van der Waals surface area contributed by atoms with E-state index in [2.05, 4.69) is 64.6 Å². The van der Waals surface area contributed by atoms with Crippen LogP contribution in [0.3, 0.4) is 0 Å². The van der Waals surface area contributed by atoms with Gasteiger partial charge < -0.3 is 19.5 Å². The second kappa shape index (κ2) is 18.9. The molecule has 9 nitrogen and oxygen atoms in total. The van der Waals surface area contributed by atoms with Crippen molar-refractivity contribution in [2.75, 3.05) is 33.7 Å². The van der Waals surface area contributed by atoms with Crippen LogP contribution in [-0.4, -0.2) is 84.5 Å². The number of fused-ring (bicyclic) bond motifs is 7. The highest BCUT2D eigenvalue weighted by Gasteiger charge is 2.66. The molecule has 5 aliphatic carbocycles. The number of ketones is 1. The molecule has 60 heavy (non-hydrogen) atoms. The van der Waals surface area contributed by atoms with Crippen LogP contribution in [0.5, 0.6) is 0 Å². The van der Waals surface area contributed by atoms with Crippen LogP contribution in [0.1, 0.15) is 139 Å². The molecule has 0 saturated heterocycles. The second-order valence-corrected chi connectivity index (χ2v) is 21.3. The predicted octanol–water partition coefficient (Wildman–Crippen LogP) is 10.3. The Kier molecular flexibility index (Phi) is 15.2. The van der Waals surface area contributed by atoms with Crippen LogP contribution in [0, 0.1) is 57.2 Å². The van der Waals surface area contributed by atoms with Crippen molar-refractivity contribution in [3.05, 3.63) is 46.0 Å². The molecule has 0 bridgehead atoms. The maximum atomic E-state index is 14.4. The fourth-order valence-electron chi connectivity index (χ4n) is 13.4. The van der Waals surface area contributed by atoms with Gasteiger partial charge in [0.25, 0.3) is 0 Å². The normalized spacial score (nSPS) is 33.0. The third kappa shape index (κ3) is 9.44. The fraction of sp³-hybridized carbons (Fsp3) is 0.760. The van der Waals surface area contributed by atoms with Crippen molar-refractivity contribution < 1.29 is 33.8 Å². The first kappa shape index (κ1) is 48.3. The lowest BCUT2D eigenvalue weighted by atomic mass is 9.38. The van der Waals surface area contributed by atoms with E-state index in [1.165, 1.54) is 12.5 Å². The van der Waals surface area contributed by atoms with E-state index in [9.17, 15) is 24.3 Å². The Morgan fingerprint density at radius 1 is 0.967 bits per heavy atom. The van der Waals surface area contributed by atoms with Gasteiger partial charge in [-0.2, -0.15) is 0 Å². The van der Waals surface area contributed by atoms with E-state index in [1.807, 2.05) is 32.0 Å². The highest BCUT2D eigenvalue weighted by atomic mass is 35.5. The van der Waals surface area contributed by atoms with Gasteiger partial charge >= 0.3 is 17.9 Å². The summed E-state index contributed by atoms with van der Waals surface area (Å²) in [7, 11) is 4.15. The predicted molar refractivity (Wildman–Crippen MR) is 238 cm³/mol. The van der Waals surface area contributed by atoms with Crippen LogP contribution < -0.4 is 0 Å². The average Bonchev–Trinajstić information content (AvgIpc) is 3.48. The molecule has 1 aromatic carbocycles. The summed E-state index contributed by atoms with van der Waals surface area (Å²) in [5, 5.41) is 10.3. The summed E-state index contributed by atoms with van der Waals surface area (Å²) < 4.78 is 12.6. The Bertz CT molecular complexity index is 1770. The molecule has 10 unspecified atom stereocenters.